The summed E-state index contributed by atoms with van der Waals surface area (Å²) >= 11 is 0. The van der Waals surface area contributed by atoms with Crippen LogP contribution in [0.3, 0.4) is 0 Å². The SMILES string of the molecule is CC(C)(C)OC(=O)NC[C@H]1C[C@@H](O[Si](C)(C)C(C)(C)C)CN(C(=O)OCc2ccccc2)C1. The summed E-state index contributed by atoms with van der Waals surface area (Å²) in [6.45, 7) is 18.2. The van der Waals surface area contributed by atoms with Crippen molar-refractivity contribution >= 4 is 20.5 Å². The molecule has 0 spiro atoms. The van der Waals surface area contributed by atoms with Crippen LogP contribution in [0, 0.1) is 5.92 Å². The molecule has 0 unspecified atom stereocenters. The Labute approximate surface area is 200 Å². The van der Waals surface area contributed by atoms with Crippen molar-refractivity contribution in [1.82, 2.24) is 10.2 Å². The van der Waals surface area contributed by atoms with E-state index in [0.717, 1.165) is 12.0 Å². The van der Waals surface area contributed by atoms with Gasteiger partial charge in [0.25, 0.3) is 0 Å². The number of carbonyl (C=O) groups is 2. The molecule has 0 saturated carbocycles. The van der Waals surface area contributed by atoms with Crippen molar-refractivity contribution in [3.05, 3.63) is 35.9 Å². The second-order valence-electron chi connectivity index (χ2n) is 11.4. The van der Waals surface area contributed by atoms with Crippen molar-refractivity contribution in [3.8, 4) is 0 Å². The Hall–Kier alpha value is -2.06. The Morgan fingerprint density at radius 3 is 2.27 bits per heavy atom. The fourth-order valence-corrected chi connectivity index (χ4v) is 4.84. The molecule has 1 aliphatic heterocycles. The number of rotatable bonds is 6. The van der Waals surface area contributed by atoms with Gasteiger partial charge >= 0.3 is 12.2 Å². The second kappa shape index (κ2) is 10.9. The van der Waals surface area contributed by atoms with Crippen molar-refractivity contribution in [1.29, 1.82) is 0 Å². The number of piperidine rings is 1. The van der Waals surface area contributed by atoms with Crippen molar-refractivity contribution in [3.63, 3.8) is 0 Å². The molecule has 1 aliphatic rings. The highest BCUT2D eigenvalue weighted by atomic mass is 28.4. The van der Waals surface area contributed by atoms with Gasteiger partial charge in [-0.25, -0.2) is 9.59 Å². The summed E-state index contributed by atoms with van der Waals surface area (Å²) in [6.07, 6.45) is -0.141. The highest BCUT2D eigenvalue weighted by Gasteiger charge is 2.42. The molecule has 33 heavy (non-hydrogen) atoms. The lowest BCUT2D eigenvalue weighted by Gasteiger charge is -2.44. The third kappa shape index (κ3) is 9.01. The van der Waals surface area contributed by atoms with Gasteiger partial charge in [0.15, 0.2) is 8.32 Å². The maximum atomic E-state index is 12.9. The van der Waals surface area contributed by atoms with Crippen LogP contribution >= 0.6 is 0 Å². The molecular formula is C25H42N2O5Si. The summed E-state index contributed by atoms with van der Waals surface area (Å²) in [4.78, 5) is 26.8. The Bertz CT molecular complexity index is 786. The Kier molecular flexibility index (Phi) is 8.99. The van der Waals surface area contributed by atoms with Gasteiger partial charge in [0.2, 0.25) is 0 Å². The fraction of sp³-hybridized carbons (Fsp3) is 0.680. The van der Waals surface area contributed by atoms with Gasteiger partial charge in [-0.15, -0.1) is 0 Å². The fourth-order valence-electron chi connectivity index (χ4n) is 3.48. The first kappa shape index (κ1) is 27.2. The lowest BCUT2D eigenvalue weighted by molar-refractivity contribution is 0.0272. The van der Waals surface area contributed by atoms with E-state index in [-0.39, 0.29) is 29.8 Å². The molecule has 0 bridgehead atoms. The molecule has 2 atom stereocenters. The number of nitrogens with one attached hydrogen (secondary N) is 1. The lowest BCUT2D eigenvalue weighted by atomic mass is 9.96. The van der Waals surface area contributed by atoms with E-state index >= 15 is 0 Å². The number of hydrogen-bond acceptors (Lipinski definition) is 5. The van der Waals surface area contributed by atoms with Gasteiger partial charge in [-0.05, 0) is 56.8 Å². The molecule has 186 valence electrons. The number of ether oxygens (including phenoxy) is 2. The minimum Gasteiger partial charge on any atom is -0.445 e. The van der Waals surface area contributed by atoms with Crippen LogP contribution in [-0.4, -0.2) is 56.7 Å². The number of likely N-dealkylation sites (tertiary alicyclic amines) is 1. The predicted octanol–water partition coefficient (Wildman–Crippen LogP) is 5.56. The maximum Gasteiger partial charge on any atom is 0.410 e. The van der Waals surface area contributed by atoms with Gasteiger partial charge in [-0.2, -0.15) is 0 Å². The summed E-state index contributed by atoms with van der Waals surface area (Å²) in [5.74, 6) is 0.0466. The first-order valence-corrected chi connectivity index (χ1v) is 14.7. The van der Waals surface area contributed by atoms with E-state index in [1.54, 1.807) is 4.90 Å². The zero-order chi connectivity index (χ0) is 24.9. The van der Waals surface area contributed by atoms with E-state index in [1.165, 1.54) is 0 Å². The molecule has 1 aromatic rings. The van der Waals surface area contributed by atoms with Gasteiger partial charge in [-0.1, -0.05) is 51.1 Å². The van der Waals surface area contributed by atoms with E-state index in [2.05, 4.69) is 39.2 Å². The number of amides is 2. The molecule has 2 amide bonds. The van der Waals surface area contributed by atoms with Crippen LogP contribution in [0.2, 0.25) is 18.1 Å². The molecular weight excluding hydrogens is 436 g/mol. The first-order valence-electron chi connectivity index (χ1n) is 11.8. The summed E-state index contributed by atoms with van der Waals surface area (Å²) < 4.78 is 17.6. The van der Waals surface area contributed by atoms with Crippen LogP contribution in [-0.2, 0) is 20.5 Å². The third-order valence-electron chi connectivity index (χ3n) is 6.16. The topological polar surface area (TPSA) is 77.1 Å². The van der Waals surface area contributed by atoms with Gasteiger partial charge in [0, 0.05) is 19.6 Å². The number of hydrogen-bond donors (Lipinski definition) is 1. The molecule has 7 nitrogen and oxygen atoms in total. The van der Waals surface area contributed by atoms with E-state index in [9.17, 15) is 9.59 Å². The van der Waals surface area contributed by atoms with Crippen LogP contribution in [0.5, 0.6) is 0 Å². The van der Waals surface area contributed by atoms with Crippen molar-refractivity contribution in [2.75, 3.05) is 19.6 Å². The maximum absolute atomic E-state index is 12.9. The molecule has 0 aromatic heterocycles. The van der Waals surface area contributed by atoms with E-state index < -0.39 is 20.0 Å². The number of benzene rings is 1. The molecule has 2 rings (SSSR count). The highest BCUT2D eigenvalue weighted by Crippen LogP contribution is 2.38. The minimum absolute atomic E-state index is 0.0466. The zero-order valence-corrected chi connectivity index (χ0v) is 22.6. The zero-order valence-electron chi connectivity index (χ0n) is 21.6. The van der Waals surface area contributed by atoms with E-state index in [1.807, 2.05) is 51.1 Å². The van der Waals surface area contributed by atoms with E-state index in [4.69, 9.17) is 13.9 Å². The monoisotopic (exact) mass is 478 g/mol. The lowest BCUT2D eigenvalue weighted by Crippen LogP contribution is -2.54. The average Bonchev–Trinajstić information content (AvgIpc) is 2.68. The number of carbonyl (C=O) groups excluding carboxylic acids is 2. The third-order valence-corrected chi connectivity index (χ3v) is 10.7. The van der Waals surface area contributed by atoms with Crippen LogP contribution < -0.4 is 5.32 Å². The Morgan fingerprint density at radius 2 is 1.70 bits per heavy atom. The van der Waals surface area contributed by atoms with Crippen molar-refractivity contribution in [2.24, 2.45) is 5.92 Å². The average molecular weight is 479 g/mol. The Balaban J connectivity index is 2.05. The van der Waals surface area contributed by atoms with Gasteiger partial charge < -0.3 is 24.1 Å². The molecule has 1 N–H and O–H groups in total. The van der Waals surface area contributed by atoms with Gasteiger partial charge in [0.05, 0.1) is 6.10 Å². The molecule has 0 aliphatic carbocycles. The molecule has 1 aromatic carbocycles. The molecule has 1 fully saturated rings. The van der Waals surface area contributed by atoms with Crippen molar-refractivity contribution in [2.45, 2.75) is 84.4 Å². The molecule has 1 saturated heterocycles. The Morgan fingerprint density at radius 1 is 1.06 bits per heavy atom. The van der Waals surface area contributed by atoms with Crippen LogP contribution in [0.4, 0.5) is 9.59 Å². The molecule has 8 heteroatoms. The molecule has 1 heterocycles. The highest BCUT2D eigenvalue weighted by molar-refractivity contribution is 6.74. The minimum atomic E-state index is -2.02. The van der Waals surface area contributed by atoms with Gasteiger partial charge in [-0.3, -0.25) is 0 Å². The smallest absolute Gasteiger partial charge is 0.410 e. The molecule has 0 radical (unpaired) electrons. The summed E-state index contributed by atoms with van der Waals surface area (Å²) in [6, 6.07) is 9.64. The second-order valence-corrected chi connectivity index (χ2v) is 16.2. The quantitative estimate of drug-likeness (QED) is 0.542. The van der Waals surface area contributed by atoms with Crippen LogP contribution in [0.15, 0.2) is 30.3 Å². The normalized spacial score (nSPS) is 19.7. The summed E-state index contributed by atoms with van der Waals surface area (Å²) in [5.41, 5.74) is 0.387. The first-order chi connectivity index (χ1) is 15.2. The predicted molar refractivity (Wildman–Crippen MR) is 133 cm³/mol. The van der Waals surface area contributed by atoms with Gasteiger partial charge in [0.1, 0.15) is 12.2 Å². The number of alkyl carbamates (subject to hydrolysis) is 1. The van der Waals surface area contributed by atoms with Crippen molar-refractivity contribution < 1.29 is 23.5 Å². The van der Waals surface area contributed by atoms with E-state index in [0.29, 0.717) is 19.6 Å². The summed E-state index contributed by atoms with van der Waals surface area (Å²) in [5, 5.41) is 2.92. The van der Waals surface area contributed by atoms with Crippen LogP contribution in [0.1, 0.15) is 53.5 Å². The standard InChI is InChI=1S/C25H42N2O5Si/c1-24(2,3)31-22(28)26-15-20-14-21(32-33(7,8)25(4,5)6)17-27(16-20)23(29)30-18-19-12-10-9-11-13-19/h9-13,20-21H,14-18H2,1-8H3,(H,26,28)/t20-,21-/m1/s1. The summed E-state index contributed by atoms with van der Waals surface area (Å²) in [7, 11) is -2.02. The number of nitrogens with zero attached hydrogens (tertiary/aromatic N) is 1. The van der Waals surface area contributed by atoms with Crippen LogP contribution in [0.25, 0.3) is 0 Å². The largest absolute Gasteiger partial charge is 0.445 e.